The number of hydrogen-bond acceptors (Lipinski definition) is 10. The van der Waals surface area contributed by atoms with Gasteiger partial charge in [-0.15, -0.1) is 5.73 Å². The van der Waals surface area contributed by atoms with Gasteiger partial charge in [0.15, 0.2) is 6.29 Å². The number of fused-ring (bicyclic) bond motifs is 1. The maximum absolute atomic E-state index is 12.7. The number of carbonyl (C=O) groups excluding carboxylic acids is 1. The predicted octanol–water partition coefficient (Wildman–Crippen LogP) is 3.76. The Morgan fingerprint density at radius 3 is 2.40 bits per heavy atom. The fourth-order valence-electron chi connectivity index (χ4n) is 14.1. The van der Waals surface area contributed by atoms with Crippen molar-refractivity contribution in [2.45, 2.75) is 166 Å². The highest BCUT2D eigenvalue weighted by Gasteiger charge is 2.86. The van der Waals surface area contributed by atoms with Gasteiger partial charge in [-0.2, -0.15) is 0 Å². The molecule has 280 valence electrons. The fraction of sp³-hybridized carbons (Fsp3) is 0.900. The summed E-state index contributed by atoms with van der Waals surface area (Å²) < 4.78 is 25.2. The predicted molar refractivity (Wildman–Crippen MR) is 183 cm³/mol. The molecule has 2 aliphatic heterocycles. The molecule has 50 heavy (non-hydrogen) atoms. The van der Waals surface area contributed by atoms with Crippen LogP contribution in [0.5, 0.6) is 0 Å². The zero-order valence-corrected chi connectivity index (χ0v) is 30.8. The van der Waals surface area contributed by atoms with Crippen molar-refractivity contribution in [2.75, 3.05) is 6.61 Å². The summed E-state index contributed by atoms with van der Waals surface area (Å²) in [7, 11) is 0. The molecule has 6 N–H and O–H groups in total. The van der Waals surface area contributed by atoms with E-state index < -0.39 is 48.5 Å². The zero-order chi connectivity index (χ0) is 35.8. The average molecular weight is 700 g/mol. The number of aliphatic hydroxyl groups is 4. The van der Waals surface area contributed by atoms with E-state index in [1.807, 2.05) is 0 Å². The van der Waals surface area contributed by atoms with Crippen LogP contribution in [0.4, 0.5) is 0 Å². The van der Waals surface area contributed by atoms with Crippen LogP contribution in [-0.2, 0) is 23.7 Å². The monoisotopic (exact) mass is 699 g/mol. The van der Waals surface area contributed by atoms with Gasteiger partial charge in [0.1, 0.15) is 24.4 Å². The summed E-state index contributed by atoms with van der Waals surface area (Å²) >= 11 is 0. The topological polar surface area (TPSA) is 161 Å². The number of ether oxygens (including phenoxy) is 4. The minimum absolute atomic E-state index is 0.0441. The number of carbonyl (C=O) groups is 1. The van der Waals surface area contributed by atoms with Gasteiger partial charge in [-0.25, -0.2) is 0 Å². The lowest BCUT2D eigenvalue weighted by atomic mass is 9.42. The molecule has 0 radical (unpaired) electrons. The van der Waals surface area contributed by atoms with E-state index in [-0.39, 0.29) is 69.6 Å². The molecule has 0 bridgehead atoms. The molecule has 0 amide bonds. The van der Waals surface area contributed by atoms with Gasteiger partial charge < -0.3 is 45.1 Å². The van der Waals surface area contributed by atoms with E-state index in [1.54, 1.807) is 0 Å². The zero-order valence-electron chi connectivity index (χ0n) is 30.8. The molecule has 2 heterocycles. The van der Waals surface area contributed by atoms with Crippen LogP contribution in [0.2, 0.25) is 0 Å². The summed E-state index contributed by atoms with van der Waals surface area (Å²) in [5.41, 5.74) is 9.96. The van der Waals surface area contributed by atoms with Gasteiger partial charge in [-0.3, -0.25) is 4.79 Å². The standard InChI is InChI=1S/C40H61NO9/c1-21(42)48-33(35(2,3)4)24-18-22-10-8-7-9-14-37-16-17-39-20-38(39)15-13-27(50-34-30(45)29(44)23(43)19-47-34)36(5,6)25(38)11-12-26(39)40(37,41)32(46)31(49-24)28(22)37/h7,10,22-34,43-46H,9,11-20,41H2,1-6H3. The third kappa shape index (κ3) is 4.65. The minimum Gasteiger partial charge on any atom is -0.459 e. The SMILES string of the molecule is CC(=O)OC(C1CC2C=C=CCCC34CCC56CC57CCC(OC5OCC(O)C(O)C5O)C(C)(C)C7CCC6C3(N)C(O)C(O1)C24)C(C)(C)C. The van der Waals surface area contributed by atoms with Gasteiger partial charge in [-0.1, -0.05) is 34.6 Å². The van der Waals surface area contributed by atoms with Crippen LogP contribution in [0.1, 0.15) is 106 Å². The van der Waals surface area contributed by atoms with Crippen LogP contribution in [0.3, 0.4) is 0 Å². The Balaban J connectivity index is 1.10. The van der Waals surface area contributed by atoms with Crippen LogP contribution in [0.25, 0.3) is 0 Å². The molecule has 17 unspecified atom stereocenters. The molecule has 0 aromatic rings. The smallest absolute Gasteiger partial charge is 0.303 e. The number of nitrogens with two attached hydrogens (primary N) is 1. The minimum atomic E-state index is -1.31. The van der Waals surface area contributed by atoms with E-state index in [1.165, 1.54) is 6.92 Å². The van der Waals surface area contributed by atoms with Crippen molar-refractivity contribution in [1.29, 1.82) is 0 Å². The Kier molecular flexibility index (Phi) is 8.27. The number of aliphatic hydroxyl groups excluding tert-OH is 4. The molecule has 3 spiro atoms. The van der Waals surface area contributed by atoms with E-state index in [0.717, 1.165) is 57.8 Å². The van der Waals surface area contributed by atoms with Crippen molar-refractivity contribution in [3.63, 3.8) is 0 Å². The Morgan fingerprint density at radius 2 is 1.68 bits per heavy atom. The van der Waals surface area contributed by atoms with Crippen molar-refractivity contribution in [3.05, 3.63) is 17.9 Å². The third-order valence-corrected chi connectivity index (χ3v) is 16.1. The second-order valence-corrected chi connectivity index (χ2v) is 19.5. The Bertz CT molecular complexity index is 1440. The molecule has 0 aromatic heterocycles. The summed E-state index contributed by atoms with van der Waals surface area (Å²) in [5.74, 6) is 0.399. The first-order chi connectivity index (χ1) is 23.4. The number of hydrogen-bond donors (Lipinski definition) is 5. The van der Waals surface area contributed by atoms with Gasteiger partial charge in [0.25, 0.3) is 0 Å². The van der Waals surface area contributed by atoms with Gasteiger partial charge in [0, 0.05) is 18.3 Å². The second-order valence-electron chi connectivity index (χ2n) is 19.5. The fourth-order valence-corrected chi connectivity index (χ4v) is 14.1. The van der Waals surface area contributed by atoms with Crippen molar-refractivity contribution in [1.82, 2.24) is 0 Å². The lowest BCUT2D eigenvalue weighted by Crippen LogP contribution is -2.70. The van der Waals surface area contributed by atoms with Gasteiger partial charge in [0.2, 0.25) is 0 Å². The van der Waals surface area contributed by atoms with Crippen molar-refractivity contribution in [3.8, 4) is 0 Å². The Morgan fingerprint density at radius 1 is 0.980 bits per heavy atom. The molecular formula is C40H61NO9. The largest absolute Gasteiger partial charge is 0.459 e. The summed E-state index contributed by atoms with van der Waals surface area (Å²) in [6.07, 6.45) is 6.76. The highest BCUT2D eigenvalue weighted by molar-refractivity contribution is 5.66. The van der Waals surface area contributed by atoms with Crippen molar-refractivity contribution >= 4 is 5.97 Å². The maximum Gasteiger partial charge on any atom is 0.303 e. The molecule has 0 aromatic carbocycles. The highest BCUT2D eigenvalue weighted by atomic mass is 16.7. The quantitative estimate of drug-likeness (QED) is 0.166. The average Bonchev–Trinajstić information content (AvgIpc) is 3.66. The van der Waals surface area contributed by atoms with E-state index in [4.69, 9.17) is 24.7 Å². The van der Waals surface area contributed by atoms with Gasteiger partial charge in [0.05, 0.1) is 36.6 Å². The highest BCUT2D eigenvalue weighted by Crippen LogP contribution is 2.88. The Labute approximate surface area is 297 Å². The number of rotatable bonds is 4. The molecular weight excluding hydrogens is 638 g/mol. The van der Waals surface area contributed by atoms with Crippen LogP contribution >= 0.6 is 0 Å². The molecule has 10 nitrogen and oxygen atoms in total. The van der Waals surface area contributed by atoms with E-state index >= 15 is 0 Å². The normalized spacial score (nSPS) is 53.7. The summed E-state index contributed by atoms with van der Waals surface area (Å²) in [5, 5.41) is 43.7. The van der Waals surface area contributed by atoms with Crippen LogP contribution in [0.15, 0.2) is 17.9 Å². The molecule has 8 aliphatic rings. The lowest BCUT2D eigenvalue weighted by Gasteiger charge is -2.64. The van der Waals surface area contributed by atoms with E-state index in [9.17, 15) is 25.2 Å². The number of esters is 1. The summed E-state index contributed by atoms with van der Waals surface area (Å²) in [6.45, 7) is 12.2. The molecule has 6 aliphatic carbocycles. The molecule has 10 heteroatoms. The Hall–Kier alpha value is -1.33. The summed E-state index contributed by atoms with van der Waals surface area (Å²) in [6, 6.07) is 0. The molecule has 7 fully saturated rings. The van der Waals surface area contributed by atoms with Crippen molar-refractivity contribution in [2.24, 2.45) is 56.5 Å². The van der Waals surface area contributed by atoms with Gasteiger partial charge >= 0.3 is 5.97 Å². The summed E-state index contributed by atoms with van der Waals surface area (Å²) in [4.78, 5) is 12.3. The lowest BCUT2D eigenvalue weighted by molar-refractivity contribution is -0.302. The maximum atomic E-state index is 12.7. The molecule has 5 saturated carbocycles. The first-order valence-electron chi connectivity index (χ1n) is 19.5. The third-order valence-electron chi connectivity index (χ3n) is 16.1. The molecule has 8 rings (SSSR count). The van der Waals surface area contributed by atoms with Gasteiger partial charge in [-0.05, 0) is 116 Å². The van der Waals surface area contributed by atoms with Crippen LogP contribution in [-0.4, -0.2) is 93.7 Å². The van der Waals surface area contributed by atoms with Crippen molar-refractivity contribution < 1.29 is 44.2 Å². The van der Waals surface area contributed by atoms with Crippen LogP contribution in [0, 0.1) is 50.7 Å². The van der Waals surface area contributed by atoms with Crippen LogP contribution < -0.4 is 5.73 Å². The second kappa shape index (κ2) is 11.6. The van der Waals surface area contributed by atoms with E-state index in [2.05, 4.69) is 52.5 Å². The molecule has 17 atom stereocenters. The first-order valence-corrected chi connectivity index (χ1v) is 19.5. The molecule has 2 saturated heterocycles. The van der Waals surface area contributed by atoms with E-state index in [0.29, 0.717) is 12.3 Å². The first kappa shape index (κ1) is 35.7. The number of allylic oxidation sites excluding steroid dienone is 1.